The summed E-state index contributed by atoms with van der Waals surface area (Å²) >= 11 is 0. The third-order valence-electron chi connectivity index (χ3n) is 3.67. The van der Waals surface area contributed by atoms with Gasteiger partial charge in [-0.2, -0.15) is 0 Å². The lowest BCUT2D eigenvalue weighted by Crippen LogP contribution is -2.42. The number of benzene rings is 1. The molecule has 0 atom stereocenters. The van der Waals surface area contributed by atoms with E-state index < -0.39 is 0 Å². The van der Waals surface area contributed by atoms with Gasteiger partial charge in [-0.1, -0.05) is 19.9 Å². The molecular formula is C18H28N2O3. The van der Waals surface area contributed by atoms with Crippen molar-refractivity contribution in [3.63, 3.8) is 0 Å². The van der Waals surface area contributed by atoms with Crippen LogP contribution in [0.3, 0.4) is 0 Å². The molecule has 5 nitrogen and oxygen atoms in total. The molecule has 1 N–H and O–H groups in total. The molecule has 5 heteroatoms. The second-order valence-electron chi connectivity index (χ2n) is 5.82. The average Bonchev–Trinajstić information content (AvgIpc) is 2.50. The van der Waals surface area contributed by atoms with E-state index in [0.717, 1.165) is 5.56 Å². The maximum absolute atomic E-state index is 12.2. The minimum absolute atomic E-state index is 0.0618. The van der Waals surface area contributed by atoms with E-state index >= 15 is 0 Å². The van der Waals surface area contributed by atoms with Crippen LogP contribution in [0.1, 0.15) is 44.7 Å². The first-order valence-corrected chi connectivity index (χ1v) is 8.16. The van der Waals surface area contributed by atoms with Crippen molar-refractivity contribution in [2.75, 3.05) is 26.2 Å². The van der Waals surface area contributed by atoms with Gasteiger partial charge in [-0.15, -0.1) is 0 Å². The Morgan fingerprint density at radius 2 is 1.96 bits per heavy atom. The van der Waals surface area contributed by atoms with Gasteiger partial charge in [-0.05, 0) is 49.9 Å². The van der Waals surface area contributed by atoms with Crippen LogP contribution in [0.4, 0.5) is 0 Å². The number of nitrogens with zero attached hydrogens (tertiary/aromatic N) is 1. The summed E-state index contributed by atoms with van der Waals surface area (Å²) in [6.45, 7) is 11.1. The van der Waals surface area contributed by atoms with Crippen molar-refractivity contribution in [2.24, 2.45) is 0 Å². The van der Waals surface area contributed by atoms with Crippen LogP contribution in [0.25, 0.3) is 0 Å². The normalized spacial score (nSPS) is 10.5. The highest BCUT2D eigenvalue weighted by Crippen LogP contribution is 2.23. The van der Waals surface area contributed by atoms with Gasteiger partial charge in [0.25, 0.3) is 5.91 Å². The van der Waals surface area contributed by atoms with Crippen LogP contribution in [0.15, 0.2) is 18.2 Å². The first-order valence-electron chi connectivity index (χ1n) is 8.16. The van der Waals surface area contributed by atoms with Crippen molar-refractivity contribution in [1.29, 1.82) is 0 Å². The molecule has 1 aromatic carbocycles. The average molecular weight is 320 g/mol. The fourth-order valence-corrected chi connectivity index (χ4v) is 2.42. The molecule has 0 saturated carbocycles. The monoisotopic (exact) mass is 320 g/mol. The van der Waals surface area contributed by atoms with Crippen molar-refractivity contribution < 1.29 is 14.3 Å². The number of amides is 2. The Morgan fingerprint density at radius 3 is 2.48 bits per heavy atom. The molecule has 0 radical (unpaired) electrons. The predicted molar refractivity (Wildman–Crippen MR) is 91.7 cm³/mol. The highest BCUT2D eigenvalue weighted by Gasteiger charge is 2.16. The van der Waals surface area contributed by atoms with E-state index in [1.807, 2.05) is 39.0 Å². The Morgan fingerprint density at radius 1 is 1.26 bits per heavy atom. The van der Waals surface area contributed by atoms with Crippen molar-refractivity contribution in [1.82, 2.24) is 10.2 Å². The zero-order valence-corrected chi connectivity index (χ0v) is 14.8. The zero-order chi connectivity index (χ0) is 17.4. The van der Waals surface area contributed by atoms with E-state index in [0.29, 0.717) is 24.8 Å². The SMILES string of the molecule is CCNC(=O)CN(CC)C(=O)COc1ccc(C(C)C)c(C)c1. The minimum atomic E-state index is -0.190. The van der Waals surface area contributed by atoms with Crippen LogP contribution >= 0.6 is 0 Å². The maximum Gasteiger partial charge on any atom is 0.260 e. The number of carbonyl (C=O) groups is 2. The number of nitrogens with one attached hydrogen (secondary N) is 1. The molecule has 0 heterocycles. The fraction of sp³-hybridized carbons (Fsp3) is 0.556. The molecule has 0 fully saturated rings. The summed E-state index contributed by atoms with van der Waals surface area (Å²) in [6, 6.07) is 5.87. The largest absolute Gasteiger partial charge is 0.484 e. The van der Waals surface area contributed by atoms with Crippen molar-refractivity contribution in [3.05, 3.63) is 29.3 Å². The lowest BCUT2D eigenvalue weighted by atomic mass is 9.98. The molecule has 0 aliphatic carbocycles. The number of carbonyl (C=O) groups excluding carboxylic acids is 2. The second kappa shape index (κ2) is 9.18. The molecule has 0 aliphatic rings. The summed E-state index contributed by atoms with van der Waals surface area (Å²) in [7, 11) is 0. The first kappa shape index (κ1) is 19.0. The molecular weight excluding hydrogens is 292 g/mol. The van der Waals surface area contributed by atoms with Crippen LogP contribution in [0.2, 0.25) is 0 Å². The zero-order valence-electron chi connectivity index (χ0n) is 14.8. The van der Waals surface area contributed by atoms with E-state index in [4.69, 9.17) is 4.74 Å². The van der Waals surface area contributed by atoms with Gasteiger partial charge in [0.1, 0.15) is 5.75 Å². The topological polar surface area (TPSA) is 58.6 Å². The van der Waals surface area contributed by atoms with E-state index in [9.17, 15) is 9.59 Å². The van der Waals surface area contributed by atoms with Crippen LogP contribution in [-0.2, 0) is 9.59 Å². The van der Waals surface area contributed by atoms with E-state index in [2.05, 4.69) is 19.2 Å². The molecule has 1 rings (SSSR count). The molecule has 0 aromatic heterocycles. The quantitative estimate of drug-likeness (QED) is 0.800. The van der Waals surface area contributed by atoms with Gasteiger partial charge < -0.3 is 15.0 Å². The molecule has 0 spiro atoms. The predicted octanol–water partition coefficient (Wildman–Crippen LogP) is 2.48. The summed E-state index contributed by atoms with van der Waals surface area (Å²) in [5, 5.41) is 2.69. The summed E-state index contributed by atoms with van der Waals surface area (Å²) in [5.74, 6) is 0.789. The van der Waals surface area contributed by atoms with Crippen molar-refractivity contribution in [3.8, 4) is 5.75 Å². The molecule has 0 aliphatic heterocycles. The van der Waals surface area contributed by atoms with Gasteiger partial charge in [0.15, 0.2) is 6.61 Å². The molecule has 128 valence electrons. The molecule has 23 heavy (non-hydrogen) atoms. The third kappa shape index (κ3) is 5.93. The highest BCUT2D eigenvalue weighted by atomic mass is 16.5. The summed E-state index contributed by atoms with van der Waals surface area (Å²) in [4.78, 5) is 25.2. The standard InChI is InChI=1S/C18H28N2O3/c1-6-19-17(21)11-20(7-2)18(22)12-23-15-8-9-16(13(3)4)14(5)10-15/h8-10,13H,6-7,11-12H2,1-5H3,(H,19,21). The lowest BCUT2D eigenvalue weighted by molar-refractivity contribution is -0.137. The number of likely N-dealkylation sites (N-methyl/N-ethyl adjacent to an activating group) is 2. The van der Waals surface area contributed by atoms with Crippen molar-refractivity contribution >= 4 is 11.8 Å². The van der Waals surface area contributed by atoms with Crippen LogP contribution < -0.4 is 10.1 Å². The molecule has 0 unspecified atom stereocenters. The van der Waals surface area contributed by atoms with Crippen LogP contribution in [-0.4, -0.2) is 43.0 Å². The lowest BCUT2D eigenvalue weighted by Gasteiger charge is -2.20. The van der Waals surface area contributed by atoms with E-state index in [1.54, 1.807) is 0 Å². The summed E-state index contributed by atoms with van der Waals surface area (Å²) in [6.07, 6.45) is 0. The number of aryl methyl sites for hydroxylation is 1. The molecule has 2 amide bonds. The van der Waals surface area contributed by atoms with Crippen LogP contribution in [0.5, 0.6) is 5.75 Å². The highest BCUT2D eigenvalue weighted by molar-refractivity contribution is 5.85. The van der Waals surface area contributed by atoms with Gasteiger partial charge in [0, 0.05) is 13.1 Å². The second-order valence-corrected chi connectivity index (χ2v) is 5.82. The molecule has 1 aromatic rings. The third-order valence-corrected chi connectivity index (χ3v) is 3.67. The minimum Gasteiger partial charge on any atom is -0.484 e. The summed E-state index contributed by atoms with van der Waals surface area (Å²) < 4.78 is 5.58. The fourth-order valence-electron chi connectivity index (χ4n) is 2.42. The maximum atomic E-state index is 12.2. The van der Waals surface area contributed by atoms with Crippen LogP contribution in [0, 0.1) is 6.92 Å². The Labute approximate surface area is 139 Å². The Hall–Kier alpha value is -2.04. The molecule has 0 bridgehead atoms. The van der Waals surface area contributed by atoms with E-state index in [-0.39, 0.29) is 25.0 Å². The van der Waals surface area contributed by atoms with Gasteiger partial charge in [0.2, 0.25) is 5.91 Å². The number of ether oxygens (including phenoxy) is 1. The molecule has 0 saturated heterocycles. The Kier molecular flexibility index (Phi) is 7.59. The van der Waals surface area contributed by atoms with E-state index in [1.165, 1.54) is 10.5 Å². The first-order chi connectivity index (χ1) is 10.9. The van der Waals surface area contributed by atoms with Gasteiger partial charge in [0.05, 0.1) is 6.54 Å². The Bertz CT molecular complexity index is 541. The number of rotatable bonds is 8. The smallest absolute Gasteiger partial charge is 0.260 e. The Balaban J connectivity index is 2.60. The van der Waals surface area contributed by atoms with Gasteiger partial charge in [-0.25, -0.2) is 0 Å². The summed E-state index contributed by atoms with van der Waals surface area (Å²) in [5.41, 5.74) is 2.43. The number of hydrogen-bond acceptors (Lipinski definition) is 3. The van der Waals surface area contributed by atoms with Gasteiger partial charge >= 0.3 is 0 Å². The number of hydrogen-bond donors (Lipinski definition) is 1. The van der Waals surface area contributed by atoms with Gasteiger partial charge in [-0.3, -0.25) is 9.59 Å². The van der Waals surface area contributed by atoms with Crippen molar-refractivity contribution in [2.45, 2.75) is 40.5 Å².